The Labute approximate surface area is 222 Å². The number of halogens is 1. The van der Waals surface area contributed by atoms with Gasteiger partial charge in [0.15, 0.2) is 11.5 Å². The minimum absolute atomic E-state index is 0.0492. The van der Waals surface area contributed by atoms with Gasteiger partial charge in [0.05, 0.1) is 40.1 Å². The zero-order valence-corrected chi connectivity index (χ0v) is 22.0. The van der Waals surface area contributed by atoms with Gasteiger partial charge in [-0.25, -0.2) is 4.39 Å². The van der Waals surface area contributed by atoms with Gasteiger partial charge in [-0.1, -0.05) is 12.1 Å². The minimum atomic E-state index is -0.596. The second-order valence-electron chi connectivity index (χ2n) is 8.92. The number of nitrogens with one attached hydrogen (secondary N) is 1. The van der Waals surface area contributed by atoms with Crippen LogP contribution in [0.5, 0.6) is 23.0 Å². The van der Waals surface area contributed by atoms with E-state index in [0.717, 1.165) is 28.1 Å². The number of alkyl halides is 1. The molecule has 0 spiro atoms. The molecule has 2 heterocycles. The third kappa shape index (κ3) is 6.34. The van der Waals surface area contributed by atoms with Crippen molar-refractivity contribution in [2.45, 2.75) is 25.4 Å². The van der Waals surface area contributed by atoms with Crippen molar-refractivity contribution in [3.8, 4) is 23.0 Å². The van der Waals surface area contributed by atoms with E-state index in [0.29, 0.717) is 43.2 Å². The Morgan fingerprint density at radius 1 is 1.03 bits per heavy atom. The molecule has 4 rings (SSSR count). The molecule has 202 valence electrons. The van der Waals surface area contributed by atoms with Crippen molar-refractivity contribution in [2.75, 3.05) is 47.7 Å². The molecule has 1 aliphatic rings. The van der Waals surface area contributed by atoms with E-state index in [1.165, 1.54) is 0 Å². The zero-order chi connectivity index (χ0) is 26.9. The maximum Gasteiger partial charge on any atom is 0.234 e. The number of pyridine rings is 1. The van der Waals surface area contributed by atoms with Gasteiger partial charge in [0, 0.05) is 29.9 Å². The second-order valence-corrected chi connectivity index (χ2v) is 8.92. The summed E-state index contributed by atoms with van der Waals surface area (Å²) >= 11 is 0. The Morgan fingerprint density at radius 3 is 2.50 bits per heavy atom. The van der Waals surface area contributed by atoms with Crippen LogP contribution >= 0.6 is 0 Å². The van der Waals surface area contributed by atoms with Gasteiger partial charge in [0.1, 0.15) is 24.8 Å². The first kappa shape index (κ1) is 27.2. The molecule has 1 atom stereocenters. The molecule has 9 heteroatoms. The molecule has 8 nitrogen and oxygen atoms in total. The first-order chi connectivity index (χ1) is 18.6. The fourth-order valence-corrected chi connectivity index (χ4v) is 4.89. The Morgan fingerprint density at radius 2 is 1.79 bits per heavy atom. The first-order valence-electron chi connectivity index (χ1n) is 12.6. The fraction of sp³-hybridized carbons (Fsp3) is 0.379. The number of ether oxygens (including phenoxy) is 4. The summed E-state index contributed by atoms with van der Waals surface area (Å²) in [5.74, 6) is 2.51. The third-order valence-electron chi connectivity index (χ3n) is 6.67. The highest BCUT2D eigenvalue weighted by Gasteiger charge is 2.34. The van der Waals surface area contributed by atoms with E-state index in [2.05, 4.69) is 15.2 Å². The van der Waals surface area contributed by atoms with Crippen LogP contribution in [0.3, 0.4) is 0 Å². The number of carbonyl (C=O) groups is 1. The van der Waals surface area contributed by atoms with Gasteiger partial charge < -0.3 is 24.3 Å². The van der Waals surface area contributed by atoms with E-state index in [9.17, 15) is 9.18 Å². The van der Waals surface area contributed by atoms with Crippen molar-refractivity contribution < 1.29 is 28.1 Å². The largest absolute Gasteiger partial charge is 0.496 e. The Bertz CT molecular complexity index is 1220. The SMILES string of the molecule is COc1ccc(CC2c3c(OCCF)ccc(OC)c3CCN2CC(=O)NCc2ccccn2)cc1OC. The molecule has 1 amide bonds. The Hall–Kier alpha value is -3.85. The fourth-order valence-electron chi connectivity index (χ4n) is 4.89. The van der Waals surface area contributed by atoms with Crippen molar-refractivity contribution in [3.05, 3.63) is 77.1 Å². The van der Waals surface area contributed by atoms with Crippen molar-refractivity contribution in [2.24, 2.45) is 0 Å². The second kappa shape index (κ2) is 13.1. The number of benzene rings is 2. The molecular weight excluding hydrogens is 489 g/mol. The smallest absolute Gasteiger partial charge is 0.234 e. The lowest BCUT2D eigenvalue weighted by Crippen LogP contribution is -2.43. The topological polar surface area (TPSA) is 82.2 Å². The Balaban J connectivity index is 1.66. The zero-order valence-electron chi connectivity index (χ0n) is 22.0. The molecule has 0 saturated heterocycles. The average Bonchev–Trinajstić information content (AvgIpc) is 2.96. The average molecular weight is 524 g/mol. The predicted octanol–water partition coefficient (Wildman–Crippen LogP) is 3.91. The lowest BCUT2D eigenvalue weighted by atomic mass is 9.87. The molecule has 1 N–H and O–H groups in total. The van der Waals surface area contributed by atoms with Gasteiger partial charge in [-0.15, -0.1) is 0 Å². The van der Waals surface area contributed by atoms with Gasteiger partial charge in [-0.05, 0) is 54.8 Å². The highest BCUT2D eigenvalue weighted by atomic mass is 19.1. The summed E-state index contributed by atoms with van der Waals surface area (Å²) < 4.78 is 35.5. The number of aromatic nitrogens is 1. The highest BCUT2D eigenvalue weighted by molar-refractivity contribution is 5.78. The number of hydrogen-bond acceptors (Lipinski definition) is 7. The van der Waals surface area contributed by atoms with Crippen molar-refractivity contribution in [3.63, 3.8) is 0 Å². The summed E-state index contributed by atoms with van der Waals surface area (Å²) in [4.78, 5) is 19.4. The monoisotopic (exact) mass is 523 g/mol. The lowest BCUT2D eigenvalue weighted by Gasteiger charge is -2.38. The molecule has 0 aliphatic carbocycles. The third-order valence-corrected chi connectivity index (χ3v) is 6.67. The van der Waals surface area contributed by atoms with Crippen LogP contribution in [0.4, 0.5) is 4.39 Å². The van der Waals surface area contributed by atoms with Crippen LogP contribution in [-0.2, 0) is 24.2 Å². The van der Waals surface area contributed by atoms with Crippen LogP contribution in [0.15, 0.2) is 54.7 Å². The minimum Gasteiger partial charge on any atom is -0.496 e. The van der Waals surface area contributed by atoms with Crippen LogP contribution in [-0.4, -0.2) is 63.5 Å². The maximum atomic E-state index is 13.1. The van der Waals surface area contributed by atoms with Crippen LogP contribution in [0.25, 0.3) is 0 Å². The highest BCUT2D eigenvalue weighted by Crippen LogP contribution is 2.43. The molecule has 0 bridgehead atoms. The van der Waals surface area contributed by atoms with Crippen molar-refractivity contribution in [1.82, 2.24) is 15.2 Å². The van der Waals surface area contributed by atoms with Gasteiger partial charge in [0.25, 0.3) is 0 Å². The summed E-state index contributed by atoms with van der Waals surface area (Å²) in [5, 5.41) is 2.97. The van der Waals surface area contributed by atoms with Crippen LogP contribution in [0.2, 0.25) is 0 Å². The number of carbonyl (C=O) groups excluding carboxylic acids is 1. The molecule has 0 fully saturated rings. The molecule has 1 aliphatic heterocycles. The van der Waals surface area contributed by atoms with E-state index in [1.54, 1.807) is 27.5 Å². The quantitative estimate of drug-likeness (QED) is 0.385. The lowest BCUT2D eigenvalue weighted by molar-refractivity contribution is -0.123. The Kier molecular flexibility index (Phi) is 9.37. The molecule has 1 aromatic heterocycles. The molecule has 0 radical (unpaired) electrons. The summed E-state index contributed by atoms with van der Waals surface area (Å²) in [7, 11) is 4.84. The van der Waals surface area contributed by atoms with E-state index in [-0.39, 0.29) is 25.1 Å². The van der Waals surface area contributed by atoms with Crippen molar-refractivity contribution >= 4 is 5.91 Å². The van der Waals surface area contributed by atoms with E-state index < -0.39 is 6.67 Å². The van der Waals surface area contributed by atoms with Crippen LogP contribution in [0.1, 0.15) is 28.4 Å². The predicted molar refractivity (Wildman–Crippen MR) is 142 cm³/mol. The standard InChI is InChI=1S/C29H34FN3O5/c1-35-24-9-10-26(38-15-12-30)29-22(24)11-14-33(19-28(34)32-18-21-6-4-5-13-31-21)23(29)16-20-7-8-25(36-2)27(17-20)37-3/h4-10,13,17,23H,11-12,14-16,18-19H2,1-3H3,(H,32,34). The molecule has 2 aromatic carbocycles. The van der Waals surface area contributed by atoms with Gasteiger partial charge in [-0.3, -0.25) is 14.7 Å². The first-order valence-corrected chi connectivity index (χ1v) is 12.6. The van der Waals surface area contributed by atoms with E-state index in [4.69, 9.17) is 18.9 Å². The number of nitrogens with zero attached hydrogens (tertiary/aromatic N) is 2. The van der Waals surface area contributed by atoms with E-state index >= 15 is 0 Å². The van der Waals surface area contributed by atoms with Gasteiger partial charge in [-0.2, -0.15) is 0 Å². The number of amides is 1. The normalized spacial score (nSPS) is 14.9. The maximum absolute atomic E-state index is 13.1. The molecule has 0 saturated carbocycles. The molecular formula is C29H34FN3O5. The number of rotatable bonds is 12. The summed E-state index contributed by atoms with van der Waals surface area (Å²) in [6.45, 7) is 0.533. The summed E-state index contributed by atoms with van der Waals surface area (Å²) in [6.07, 6.45) is 2.94. The van der Waals surface area contributed by atoms with Crippen LogP contribution < -0.4 is 24.3 Å². The van der Waals surface area contributed by atoms with Crippen LogP contribution in [0, 0.1) is 0 Å². The number of hydrogen-bond donors (Lipinski definition) is 1. The van der Waals surface area contributed by atoms with E-state index in [1.807, 2.05) is 48.5 Å². The van der Waals surface area contributed by atoms with Crippen molar-refractivity contribution in [1.29, 1.82) is 0 Å². The molecule has 1 unspecified atom stereocenters. The van der Waals surface area contributed by atoms with Gasteiger partial charge in [0.2, 0.25) is 5.91 Å². The summed E-state index contributed by atoms with van der Waals surface area (Å²) in [5.41, 5.74) is 3.72. The number of fused-ring (bicyclic) bond motifs is 1. The number of methoxy groups -OCH3 is 3. The summed E-state index contributed by atoms with van der Waals surface area (Å²) in [6, 6.07) is 14.8. The van der Waals surface area contributed by atoms with Gasteiger partial charge >= 0.3 is 0 Å². The molecule has 38 heavy (non-hydrogen) atoms. The molecule has 3 aromatic rings.